The zero-order valence-corrected chi connectivity index (χ0v) is 17.3. The highest BCUT2D eigenvalue weighted by Gasteiger charge is 2.36. The maximum atomic E-state index is 13.3. The predicted octanol–water partition coefficient (Wildman–Crippen LogP) is 4.95. The summed E-state index contributed by atoms with van der Waals surface area (Å²) >= 11 is 5.88. The van der Waals surface area contributed by atoms with Crippen molar-refractivity contribution >= 4 is 33.0 Å². The Labute approximate surface area is 175 Å². The number of rotatable bonds is 7. The van der Waals surface area contributed by atoms with Gasteiger partial charge in [0.1, 0.15) is 5.25 Å². The van der Waals surface area contributed by atoms with Gasteiger partial charge in [0.15, 0.2) is 21.4 Å². The highest BCUT2D eigenvalue weighted by molar-refractivity contribution is 7.92. The fourth-order valence-corrected chi connectivity index (χ4v) is 4.70. The van der Waals surface area contributed by atoms with Gasteiger partial charge in [0.25, 0.3) is 0 Å². The Morgan fingerprint density at radius 2 is 1.41 bits per heavy atom. The second-order valence-electron chi connectivity index (χ2n) is 6.71. The molecule has 1 atom stereocenters. The van der Waals surface area contributed by atoms with Crippen molar-refractivity contribution in [2.24, 2.45) is 0 Å². The normalized spacial score (nSPS) is 12.3. The molecule has 6 heteroatoms. The molecule has 0 aliphatic heterocycles. The van der Waals surface area contributed by atoms with Crippen molar-refractivity contribution < 1.29 is 18.0 Å². The van der Waals surface area contributed by atoms with Crippen LogP contribution in [0.15, 0.2) is 83.8 Å². The molecule has 0 saturated heterocycles. The molecule has 0 aromatic heterocycles. The molecule has 3 rings (SSSR count). The molecule has 0 radical (unpaired) electrons. The lowest BCUT2D eigenvalue weighted by atomic mass is 10.0. The van der Waals surface area contributed by atoms with Crippen molar-refractivity contribution in [2.75, 3.05) is 0 Å². The van der Waals surface area contributed by atoms with Gasteiger partial charge in [0.05, 0.1) is 4.90 Å². The summed E-state index contributed by atoms with van der Waals surface area (Å²) in [6.45, 7) is 1.84. The lowest BCUT2D eigenvalue weighted by Crippen LogP contribution is -2.33. The average molecular weight is 427 g/mol. The van der Waals surface area contributed by atoms with Crippen LogP contribution in [0.2, 0.25) is 5.02 Å². The number of halogens is 1. The molecule has 0 spiro atoms. The SMILES string of the molecule is Cc1ccc(S(=O)(=O)[C@H](CC(=O)c2ccccc2)C(=O)c2ccc(Cl)cc2)cc1. The number of benzene rings is 3. The first-order valence-electron chi connectivity index (χ1n) is 8.97. The summed E-state index contributed by atoms with van der Waals surface area (Å²) in [5.41, 5.74) is 1.45. The zero-order valence-electron chi connectivity index (χ0n) is 15.7. The van der Waals surface area contributed by atoms with Crippen LogP contribution >= 0.6 is 11.6 Å². The summed E-state index contributed by atoms with van der Waals surface area (Å²) in [6, 6.07) is 20.6. The van der Waals surface area contributed by atoms with Crippen LogP contribution in [0.4, 0.5) is 0 Å². The van der Waals surface area contributed by atoms with E-state index in [0.717, 1.165) is 5.56 Å². The van der Waals surface area contributed by atoms with E-state index < -0.39 is 33.1 Å². The standard InChI is InChI=1S/C23H19ClO4S/c1-16-7-13-20(14-8-16)29(27,28)22(15-21(25)17-5-3-2-4-6-17)23(26)18-9-11-19(24)12-10-18/h2-14,22H,15H2,1H3/t22-/m1/s1. The van der Waals surface area contributed by atoms with Gasteiger partial charge in [-0.1, -0.05) is 59.6 Å². The molecular formula is C23H19ClO4S. The summed E-state index contributed by atoms with van der Waals surface area (Å²) < 4.78 is 26.6. The van der Waals surface area contributed by atoms with Crippen LogP contribution in [0.5, 0.6) is 0 Å². The van der Waals surface area contributed by atoms with Crippen LogP contribution in [0.25, 0.3) is 0 Å². The first kappa shape index (κ1) is 21.0. The van der Waals surface area contributed by atoms with E-state index in [2.05, 4.69) is 0 Å². The molecule has 0 unspecified atom stereocenters. The lowest BCUT2D eigenvalue weighted by Gasteiger charge is -2.17. The second kappa shape index (κ2) is 8.72. The molecule has 148 valence electrons. The number of carbonyl (C=O) groups excluding carboxylic acids is 2. The largest absolute Gasteiger partial charge is 0.294 e. The average Bonchev–Trinajstić information content (AvgIpc) is 2.72. The molecule has 0 N–H and O–H groups in total. The van der Waals surface area contributed by atoms with Crippen molar-refractivity contribution in [2.45, 2.75) is 23.5 Å². The van der Waals surface area contributed by atoms with Gasteiger partial charge in [-0.15, -0.1) is 0 Å². The quantitative estimate of drug-likeness (QED) is 0.501. The number of Topliss-reactive ketones (excluding diaryl/α,β-unsaturated/α-hetero) is 2. The highest BCUT2D eigenvalue weighted by atomic mass is 35.5. The predicted molar refractivity (Wildman–Crippen MR) is 113 cm³/mol. The van der Waals surface area contributed by atoms with Crippen molar-refractivity contribution in [3.63, 3.8) is 0 Å². The summed E-state index contributed by atoms with van der Waals surface area (Å²) in [6.07, 6.45) is -0.443. The van der Waals surface area contributed by atoms with Crippen LogP contribution in [0.3, 0.4) is 0 Å². The lowest BCUT2D eigenvalue weighted by molar-refractivity contribution is 0.0920. The van der Waals surface area contributed by atoms with Gasteiger partial charge >= 0.3 is 0 Å². The minimum Gasteiger partial charge on any atom is -0.294 e. The van der Waals surface area contributed by atoms with Gasteiger partial charge in [-0.3, -0.25) is 9.59 Å². The van der Waals surface area contributed by atoms with Crippen LogP contribution in [0, 0.1) is 6.92 Å². The van der Waals surface area contributed by atoms with Crippen molar-refractivity contribution in [3.05, 3.63) is 101 Å². The van der Waals surface area contributed by atoms with Crippen LogP contribution < -0.4 is 0 Å². The molecule has 0 heterocycles. The van der Waals surface area contributed by atoms with Gasteiger partial charge in [-0.25, -0.2) is 8.42 Å². The number of ketones is 2. The number of hydrogen-bond acceptors (Lipinski definition) is 4. The Kier molecular flexibility index (Phi) is 6.30. The molecule has 0 bridgehead atoms. The van der Waals surface area contributed by atoms with E-state index in [4.69, 9.17) is 11.6 Å². The Bertz CT molecular complexity index is 1120. The van der Waals surface area contributed by atoms with E-state index in [-0.39, 0.29) is 10.5 Å². The van der Waals surface area contributed by atoms with Crippen LogP contribution in [0.1, 0.15) is 32.7 Å². The van der Waals surface area contributed by atoms with E-state index in [0.29, 0.717) is 10.6 Å². The fraction of sp³-hybridized carbons (Fsp3) is 0.130. The van der Waals surface area contributed by atoms with Gasteiger partial charge in [0.2, 0.25) is 0 Å². The molecule has 0 saturated carbocycles. The molecule has 0 amide bonds. The third-order valence-electron chi connectivity index (χ3n) is 4.61. The highest BCUT2D eigenvalue weighted by Crippen LogP contribution is 2.24. The molecule has 3 aromatic rings. The van der Waals surface area contributed by atoms with Crippen LogP contribution in [-0.4, -0.2) is 25.2 Å². The Morgan fingerprint density at radius 3 is 2.00 bits per heavy atom. The monoisotopic (exact) mass is 426 g/mol. The Balaban J connectivity index is 2.03. The van der Waals surface area contributed by atoms with E-state index in [1.807, 2.05) is 6.92 Å². The fourth-order valence-electron chi connectivity index (χ4n) is 2.95. The van der Waals surface area contributed by atoms with E-state index in [9.17, 15) is 18.0 Å². The van der Waals surface area contributed by atoms with Gasteiger partial charge < -0.3 is 0 Å². The van der Waals surface area contributed by atoms with E-state index >= 15 is 0 Å². The second-order valence-corrected chi connectivity index (χ2v) is 9.28. The topological polar surface area (TPSA) is 68.3 Å². The summed E-state index contributed by atoms with van der Waals surface area (Å²) in [4.78, 5) is 25.9. The minimum absolute atomic E-state index is 0.0104. The maximum Gasteiger partial charge on any atom is 0.189 e. The van der Waals surface area contributed by atoms with Crippen molar-refractivity contribution in [1.82, 2.24) is 0 Å². The third kappa shape index (κ3) is 4.81. The summed E-state index contributed by atoms with van der Waals surface area (Å²) in [5.74, 6) is -1.04. The smallest absolute Gasteiger partial charge is 0.189 e. The third-order valence-corrected chi connectivity index (χ3v) is 6.92. The van der Waals surface area contributed by atoms with E-state index in [1.165, 1.54) is 36.4 Å². The van der Waals surface area contributed by atoms with E-state index in [1.54, 1.807) is 42.5 Å². The molecular weight excluding hydrogens is 408 g/mol. The zero-order chi connectivity index (χ0) is 21.0. The first-order chi connectivity index (χ1) is 13.8. The number of sulfone groups is 1. The van der Waals surface area contributed by atoms with Crippen LogP contribution in [-0.2, 0) is 9.84 Å². The number of hydrogen-bond donors (Lipinski definition) is 0. The van der Waals surface area contributed by atoms with Gasteiger partial charge in [0, 0.05) is 22.6 Å². The summed E-state index contributed by atoms with van der Waals surface area (Å²) in [7, 11) is -4.08. The molecule has 3 aromatic carbocycles. The number of aryl methyl sites for hydroxylation is 1. The Morgan fingerprint density at radius 1 is 0.828 bits per heavy atom. The molecule has 4 nitrogen and oxygen atoms in total. The maximum absolute atomic E-state index is 13.3. The molecule has 29 heavy (non-hydrogen) atoms. The van der Waals surface area contributed by atoms with Gasteiger partial charge in [-0.2, -0.15) is 0 Å². The molecule has 0 fully saturated rings. The van der Waals surface area contributed by atoms with Crippen molar-refractivity contribution in [3.8, 4) is 0 Å². The van der Waals surface area contributed by atoms with Gasteiger partial charge in [-0.05, 0) is 43.3 Å². The van der Waals surface area contributed by atoms with Crippen molar-refractivity contribution in [1.29, 1.82) is 0 Å². The summed E-state index contributed by atoms with van der Waals surface area (Å²) in [5, 5.41) is -1.10. The number of carbonyl (C=O) groups is 2. The molecule has 0 aliphatic rings. The Hall–Kier alpha value is -2.76. The molecule has 0 aliphatic carbocycles. The first-order valence-corrected chi connectivity index (χ1v) is 10.9. The minimum atomic E-state index is -4.08.